The van der Waals surface area contributed by atoms with Crippen molar-refractivity contribution < 1.29 is 0 Å². The molecule has 90 valence electrons. The van der Waals surface area contributed by atoms with Crippen LogP contribution in [0.3, 0.4) is 0 Å². The van der Waals surface area contributed by atoms with E-state index in [1.807, 2.05) is 6.92 Å². The summed E-state index contributed by atoms with van der Waals surface area (Å²) < 4.78 is 2.27. The first kappa shape index (κ1) is 11.6. The Hall–Kier alpha value is -0.900. The summed E-state index contributed by atoms with van der Waals surface area (Å²) in [5.41, 5.74) is 5.80. The SMILES string of the molecule is CCCCn1c(C)nnc1CC1CC(N)C1. The molecule has 0 bridgehead atoms. The number of aromatic nitrogens is 3. The second kappa shape index (κ2) is 4.95. The van der Waals surface area contributed by atoms with Crippen LogP contribution in [0.5, 0.6) is 0 Å². The number of aryl methyl sites for hydroxylation is 1. The molecule has 0 amide bonds. The van der Waals surface area contributed by atoms with Gasteiger partial charge in [0.05, 0.1) is 0 Å². The first-order chi connectivity index (χ1) is 7.70. The molecule has 0 unspecified atom stereocenters. The first-order valence-electron chi connectivity index (χ1n) is 6.35. The lowest BCUT2D eigenvalue weighted by Crippen LogP contribution is -2.37. The molecule has 1 fully saturated rings. The van der Waals surface area contributed by atoms with Gasteiger partial charge in [-0.1, -0.05) is 13.3 Å². The summed E-state index contributed by atoms with van der Waals surface area (Å²) in [5, 5.41) is 8.47. The summed E-state index contributed by atoms with van der Waals surface area (Å²) in [4.78, 5) is 0. The molecular formula is C12H22N4. The van der Waals surface area contributed by atoms with Crippen LogP contribution in [-0.4, -0.2) is 20.8 Å². The van der Waals surface area contributed by atoms with Gasteiger partial charge in [-0.2, -0.15) is 0 Å². The van der Waals surface area contributed by atoms with E-state index in [0.717, 1.165) is 43.4 Å². The molecule has 0 aromatic carbocycles. The van der Waals surface area contributed by atoms with Crippen molar-refractivity contribution in [3.8, 4) is 0 Å². The van der Waals surface area contributed by atoms with Gasteiger partial charge in [-0.25, -0.2) is 0 Å². The predicted molar refractivity (Wildman–Crippen MR) is 64.1 cm³/mol. The van der Waals surface area contributed by atoms with Crippen LogP contribution in [0.4, 0.5) is 0 Å². The standard InChI is InChI=1S/C12H22N4/c1-3-4-5-16-9(2)14-15-12(16)8-10-6-11(13)7-10/h10-11H,3-8,13H2,1-2H3. The van der Waals surface area contributed by atoms with Crippen molar-refractivity contribution in [1.82, 2.24) is 14.8 Å². The molecule has 1 aromatic heterocycles. The molecule has 16 heavy (non-hydrogen) atoms. The van der Waals surface area contributed by atoms with Crippen molar-refractivity contribution in [1.29, 1.82) is 0 Å². The van der Waals surface area contributed by atoms with Gasteiger partial charge in [0.25, 0.3) is 0 Å². The molecule has 0 saturated heterocycles. The lowest BCUT2D eigenvalue weighted by Gasteiger charge is -2.32. The third-order valence-electron chi connectivity index (χ3n) is 3.49. The molecule has 0 spiro atoms. The predicted octanol–water partition coefficient (Wildman–Crippen LogP) is 1.67. The molecular weight excluding hydrogens is 200 g/mol. The highest BCUT2D eigenvalue weighted by molar-refractivity contribution is 4.98. The highest BCUT2D eigenvalue weighted by Gasteiger charge is 2.27. The third-order valence-corrected chi connectivity index (χ3v) is 3.49. The smallest absolute Gasteiger partial charge is 0.133 e. The molecule has 0 aliphatic heterocycles. The fourth-order valence-corrected chi connectivity index (χ4v) is 2.40. The quantitative estimate of drug-likeness (QED) is 0.824. The molecule has 2 N–H and O–H groups in total. The number of unbranched alkanes of at least 4 members (excludes halogenated alkanes) is 1. The number of rotatable bonds is 5. The molecule has 2 rings (SSSR count). The lowest BCUT2D eigenvalue weighted by molar-refractivity contribution is 0.257. The number of nitrogens with two attached hydrogens (primary N) is 1. The Labute approximate surface area is 97.2 Å². The van der Waals surface area contributed by atoms with Crippen molar-refractivity contribution in [2.24, 2.45) is 11.7 Å². The van der Waals surface area contributed by atoms with Crippen molar-refractivity contribution in [3.63, 3.8) is 0 Å². The molecule has 1 aromatic rings. The van der Waals surface area contributed by atoms with Crippen LogP contribution in [0.25, 0.3) is 0 Å². The van der Waals surface area contributed by atoms with E-state index in [1.165, 1.54) is 12.8 Å². The maximum Gasteiger partial charge on any atom is 0.133 e. The Morgan fingerprint density at radius 3 is 2.75 bits per heavy atom. The highest BCUT2D eigenvalue weighted by Crippen LogP contribution is 2.28. The lowest BCUT2D eigenvalue weighted by atomic mass is 9.78. The van der Waals surface area contributed by atoms with Crippen LogP contribution in [0.15, 0.2) is 0 Å². The molecule has 1 heterocycles. The van der Waals surface area contributed by atoms with Crippen molar-refractivity contribution >= 4 is 0 Å². The van der Waals surface area contributed by atoms with E-state index in [1.54, 1.807) is 0 Å². The van der Waals surface area contributed by atoms with Gasteiger partial charge in [-0.05, 0) is 32.1 Å². The minimum atomic E-state index is 0.429. The van der Waals surface area contributed by atoms with Crippen LogP contribution in [-0.2, 0) is 13.0 Å². The minimum Gasteiger partial charge on any atom is -0.328 e. The summed E-state index contributed by atoms with van der Waals surface area (Å²) in [6.45, 7) is 5.31. The normalized spacial score (nSPS) is 24.4. The Morgan fingerprint density at radius 1 is 1.38 bits per heavy atom. The van der Waals surface area contributed by atoms with Crippen LogP contribution in [0, 0.1) is 12.8 Å². The number of hydrogen-bond donors (Lipinski definition) is 1. The summed E-state index contributed by atoms with van der Waals surface area (Å²) in [7, 11) is 0. The average Bonchev–Trinajstić information content (AvgIpc) is 2.55. The van der Waals surface area contributed by atoms with Gasteiger partial charge in [0, 0.05) is 19.0 Å². The molecule has 1 saturated carbocycles. The summed E-state index contributed by atoms with van der Waals surface area (Å²) >= 11 is 0. The van der Waals surface area contributed by atoms with Gasteiger partial charge in [0.15, 0.2) is 0 Å². The minimum absolute atomic E-state index is 0.429. The van der Waals surface area contributed by atoms with E-state index in [0.29, 0.717) is 6.04 Å². The fraction of sp³-hybridized carbons (Fsp3) is 0.833. The maximum atomic E-state index is 5.80. The van der Waals surface area contributed by atoms with Crippen molar-refractivity contribution in [2.45, 2.75) is 58.5 Å². The van der Waals surface area contributed by atoms with Crippen molar-refractivity contribution in [2.75, 3.05) is 0 Å². The zero-order chi connectivity index (χ0) is 11.5. The topological polar surface area (TPSA) is 56.7 Å². The van der Waals surface area contributed by atoms with Gasteiger partial charge >= 0.3 is 0 Å². The highest BCUT2D eigenvalue weighted by atomic mass is 15.3. The molecule has 1 aliphatic rings. The van der Waals surface area contributed by atoms with Gasteiger partial charge in [0.2, 0.25) is 0 Å². The van der Waals surface area contributed by atoms with E-state index in [2.05, 4.69) is 21.7 Å². The van der Waals surface area contributed by atoms with E-state index in [9.17, 15) is 0 Å². The summed E-state index contributed by atoms with van der Waals surface area (Å²) in [5.74, 6) is 2.94. The molecule has 0 radical (unpaired) electrons. The number of nitrogens with zero attached hydrogens (tertiary/aromatic N) is 3. The van der Waals surface area contributed by atoms with Gasteiger partial charge in [0.1, 0.15) is 11.6 Å². The van der Waals surface area contributed by atoms with Crippen LogP contribution in [0.1, 0.15) is 44.3 Å². The van der Waals surface area contributed by atoms with E-state index >= 15 is 0 Å². The van der Waals surface area contributed by atoms with Gasteiger partial charge < -0.3 is 10.3 Å². The molecule has 4 heteroatoms. The second-order valence-corrected chi connectivity index (χ2v) is 4.97. The van der Waals surface area contributed by atoms with Gasteiger partial charge in [-0.3, -0.25) is 0 Å². The van der Waals surface area contributed by atoms with E-state index < -0.39 is 0 Å². The maximum absolute atomic E-state index is 5.80. The van der Waals surface area contributed by atoms with Crippen LogP contribution >= 0.6 is 0 Å². The summed E-state index contributed by atoms with van der Waals surface area (Å²) in [6.07, 6.45) is 5.78. The number of hydrogen-bond acceptors (Lipinski definition) is 3. The summed E-state index contributed by atoms with van der Waals surface area (Å²) in [6, 6.07) is 0.429. The largest absolute Gasteiger partial charge is 0.328 e. The molecule has 0 atom stereocenters. The zero-order valence-corrected chi connectivity index (χ0v) is 10.3. The zero-order valence-electron chi connectivity index (χ0n) is 10.3. The Balaban J connectivity index is 1.97. The third kappa shape index (κ3) is 2.43. The molecule has 4 nitrogen and oxygen atoms in total. The van der Waals surface area contributed by atoms with E-state index in [-0.39, 0.29) is 0 Å². The Bertz CT molecular complexity index is 339. The monoisotopic (exact) mass is 222 g/mol. The Kier molecular flexibility index (Phi) is 3.59. The fourth-order valence-electron chi connectivity index (χ4n) is 2.40. The van der Waals surface area contributed by atoms with E-state index in [4.69, 9.17) is 5.73 Å². The average molecular weight is 222 g/mol. The molecule has 1 aliphatic carbocycles. The van der Waals surface area contributed by atoms with Crippen LogP contribution in [0.2, 0.25) is 0 Å². The first-order valence-corrected chi connectivity index (χ1v) is 6.35. The second-order valence-electron chi connectivity index (χ2n) is 4.97. The van der Waals surface area contributed by atoms with Gasteiger partial charge in [-0.15, -0.1) is 10.2 Å². The van der Waals surface area contributed by atoms with Crippen molar-refractivity contribution in [3.05, 3.63) is 11.6 Å². The Morgan fingerprint density at radius 2 is 2.12 bits per heavy atom. The van der Waals surface area contributed by atoms with Crippen LogP contribution < -0.4 is 5.73 Å².